The maximum Gasteiger partial charge on any atom is 0.339 e. The fourth-order valence-corrected chi connectivity index (χ4v) is 2.95. The number of aromatic nitrogens is 2. The molecular formula is C15H16N2O4S. The summed E-state index contributed by atoms with van der Waals surface area (Å²) in [6.45, 7) is 1.72. The smallest absolute Gasteiger partial charge is 0.339 e. The van der Waals surface area contributed by atoms with E-state index in [9.17, 15) is 9.00 Å². The van der Waals surface area contributed by atoms with E-state index in [2.05, 4.69) is 10.2 Å². The molecular weight excluding hydrogens is 304 g/mol. The van der Waals surface area contributed by atoms with Crippen LogP contribution in [0.1, 0.15) is 47.8 Å². The second-order valence-electron chi connectivity index (χ2n) is 5.01. The summed E-state index contributed by atoms with van der Waals surface area (Å²) in [6, 6.07) is 6.74. The van der Waals surface area contributed by atoms with Gasteiger partial charge in [0.2, 0.25) is 5.89 Å². The number of rotatable bonds is 6. The van der Waals surface area contributed by atoms with Crippen LogP contribution in [-0.2, 0) is 22.1 Å². The van der Waals surface area contributed by atoms with Crippen molar-refractivity contribution in [2.75, 3.05) is 5.75 Å². The molecule has 1 aliphatic carbocycles. The van der Waals surface area contributed by atoms with Crippen LogP contribution in [0.15, 0.2) is 33.6 Å². The molecule has 0 spiro atoms. The third kappa shape index (κ3) is 3.24. The molecule has 2 aromatic rings. The maximum absolute atomic E-state index is 12.2. The zero-order chi connectivity index (χ0) is 15.5. The summed E-state index contributed by atoms with van der Waals surface area (Å²) in [5.41, 5.74) is 0.310. The monoisotopic (exact) mass is 320 g/mol. The number of ether oxygens (including phenoxy) is 1. The Morgan fingerprint density at radius 1 is 1.36 bits per heavy atom. The van der Waals surface area contributed by atoms with E-state index in [0.29, 0.717) is 28.0 Å². The third-order valence-corrected chi connectivity index (χ3v) is 4.72. The average Bonchev–Trinajstić information content (AvgIpc) is 3.30. The molecule has 1 atom stereocenters. The summed E-state index contributed by atoms with van der Waals surface area (Å²) in [4.78, 5) is 12.7. The van der Waals surface area contributed by atoms with E-state index in [0.717, 1.165) is 12.8 Å². The first-order valence-electron chi connectivity index (χ1n) is 7.16. The van der Waals surface area contributed by atoms with Crippen molar-refractivity contribution in [3.8, 4) is 0 Å². The lowest BCUT2D eigenvalue weighted by molar-refractivity contribution is 0.0432. The van der Waals surface area contributed by atoms with Gasteiger partial charge in [0.15, 0.2) is 6.61 Å². The van der Waals surface area contributed by atoms with E-state index in [1.165, 1.54) is 0 Å². The molecule has 0 saturated heterocycles. The van der Waals surface area contributed by atoms with Crippen LogP contribution >= 0.6 is 0 Å². The van der Waals surface area contributed by atoms with Crippen LogP contribution in [-0.4, -0.2) is 26.1 Å². The second kappa shape index (κ2) is 6.39. The molecule has 116 valence electrons. The molecule has 6 nitrogen and oxygen atoms in total. The van der Waals surface area contributed by atoms with Crippen molar-refractivity contribution in [3.63, 3.8) is 0 Å². The Bertz CT molecular complexity index is 709. The van der Waals surface area contributed by atoms with Gasteiger partial charge in [0.05, 0.1) is 21.3 Å². The van der Waals surface area contributed by atoms with E-state index >= 15 is 0 Å². The van der Waals surface area contributed by atoms with Gasteiger partial charge in [-0.3, -0.25) is 4.21 Å². The van der Waals surface area contributed by atoms with Crippen molar-refractivity contribution in [2.24, 2.45) is 0 Å². The highest BCUT2D eigenvalue weighted by Gasteiger charge is 2.29. The molecule has 1 heterocycles. The van der Waals surface area contributed by atoms with Crippen LogP contribution in [0.2, 0.25) is 0 Å². The number of hydrogen-bond acceptors (Lipinski definition) is 6. The molecule has 22 heavy (non-hydrogen) atoms. The summed E-state index contributed by atoms with van der Waals surface area (Å²) in [7, 11) is -1.22. The van der Waals surface area contributed by atoms with E-state index in [1.807, 2.05) is 0 Å². The van der Waals surface area contributed by atoms with Crippen LogP contribution in [0, 0.1) is 0 Å². The Morgan fingerprint density at radius 2 is 2.14 bits per heavy atom. The summed E-state index contributed by atoms with van der Waals surface area (Å²) in [5, 5.41) is 7.79. The van der Waals surface area contributed by atoms with Crippen LogP contribution in [0.25, 0.3) is 0 Å². The molecule has 1 aromatic carbocycles. The van der Waals surface area contributed by atoms with Gasteiger partial charge < -0.3 is 9.15 Å². The van der Waals surface area contributed by atoms with Crippen molar-refractivity contribution < 1.29 is 18.2 Å². The zero-order valence-corrected chi connectivity index (χ0v) is 13.0. The molecule has 1 fully saturated rings. The van der Waals surface area contributed by atoms with Crippen molar-refractivity contribution >= 4 is 16.8 Å². The quantitative estimate of drug-likeness (QED) is 0.760. The minimum atomic E-state index is -1.22. The van der Waals surface area contributed by atoms with E-state index in [-0.39, 0.29) is 12.5 Å². The summed E-state index contributed by atoms with van der Waals surface area (Å²) in [6.07, 6.45) is 2.13. The minimum absolute atomic E-state index is 0.0777. The first-order chi connectivity index (χ1) is 10.7. The molecule has 1 aromatic heterocycles. The summed E-state index contributed by atoms with van der Waals surface area (Å²) >= 11 is 0. The number of hydrogen-bond donors (Lipinski definition) is 0. The van der Waals surface area contributed by atoms with Crippen LogP contribution in [0.5, 0.6) is 0 Å². The number of nitrogens with zero attached hydrogens (tertiary/aromatic N) is 2. The predicted octanol–water partition coefficient (Wildman–Crippen LogP) is 2.43. The van der Waals surface area contributed by atoms with Gasteiger partial charge in [-0.1, -0.05) is 19.1 Å². The minimum Gasteiger partial charge on any atom is -0.452 e. The number of carbonyl (C=O) groups excluding carboxylic acids is 1. The molecule has 0 amide bonds. The highest BCUT2D eigenvalue weighted by atomic mass is 32.2. The van der Waals surface area contributed by atoms with Crippen molar-refractivity contribution in [2.45, 2.75) is 37.2 Å². The average molecular weight is 320 g/mol. The normalized spacial score (nSPS) is 15.5. The van der Waals surface area contributed by atoms with Crippen molar-refractivity contribution in [1.29, 1.82) is 0 Å². The number of esters is 1. The molecule has 1 saturated carbocycles. The van der Waals surface area contributed by atoms with Gasteiger partial charge in [0.1, 0.15) is 0 Å². The highest BCUT2D eigenvalue weighted by molar-refractivity contribution is 7.85. The van der Waals surface area contributed by atoms with E-state index in [4.69, 9.17) is 9.15 Å². The third-order valence-electron chi connectivity index (χ3n) is 3.35. The van der Waals surface area contributed by atoms with Gasteiger partial charge in [-0.15, -0.1) is 10.2 Å². The molecule has 3 rings (SSSR count). The van der Waals surface area contributed by atoms with Gasteiger partial charge in [-0.2, -0.15) is 0 Å². The second-order valence-corrected chi connectivity index (χ2v) is 6.72. The molecule has 0 N–H and O–H groups in total. The standard InChI is InChI=1S/C15H16N2O4S/c1-2-22(19)12-6-4-3-5-11(12)15(18)20-9-13-16-17-14(21-13)10-7-8-10/h3-6,10H,2,7-9H2,1H3/t22-/m0/s1. The fourth-order valence-electron chi connectivity index (χ4n) is 2.01. The molecule has 0 unspecified atom stereocenters. The lowest BCUT2D eigenvalue weighted by atomic mass is 10.2. The largest absolute Gasteiger partial charge is 0.452 e. The highest BCUT2D eigenvalue weighted by Crippen LogP contribution is 2.39. The van der Waals surface area contributed by atoms with E-state index in [1.54, 1.807) is 31.2 Å². The van der Waals surface area contributed by atoms with Crippen molar-refractivity contribution in [3.05, 3.63) is 41.6 Å². The Kier molecular flexibility index (Phi) is 4.33. The van der Waals surface area contributed by atoms with E-state index < -0.39 is 16.8 Å². The van der Waals surface area contributed by atoms with Crippen molar-refractivity contribution in [1.82, 2.24) is 10.2 Å². The zero-order valence-electron chi connectivity index (χ0n) is 12.2. The molecule has 0 aliphatic heterocycles. The van der Waals surface area contributed by atoms with Gasteiger partial charge in [0, 0.05) is 11.7 Å². The topological polar surface area (TPSA) is 82.3 Å². The van der Waals surface area contributed by atoms with Crippen LogP contribution in [0.3, 0.4) is 0 Å². The Hall–Kier alpha value is -2.02. The molecule has 7 heteroatoms. The van der Waals surface area contributed by atoms with Gasteiger partial charge in [0.25, 0.3) is 5.89 Å². The van der Waals surface area contributed by atoms with Gasteiger partial charge in [-0.05, 0) is 25.0 Å². The van der Waals surface area contributed by atoms with Crippen LogP contribution < -0.4 is 0 Å². The Morgan fingerprint density at radius 3 is 2.86 bits per heavy atom. The molecule has 1 aliphatic rings. The summed E-state index contributed by atoms with van der Waals surface area (Å²) in [5.74, 6) is 1.16. The molecule has 0 radical (unpaired) electrons. The van der Waals surface area contributed by atoms with Crippen LogP contribution in [0.4, 0.5) is 0 Å². The lowest BCUT2D eigenvalue weighted by Gasteiger charge is -2.07. The fraction of sp³-hybridized carbons (Fsp3) is 0.400. The number of carbonyl (C=O) groups is 1. The molecule has 0 bridgehead atoms. The maximum atomic E-state index is 12.2. The SMILES string of the molecule is CC[S@](=O)c1ccccc1C(=O)OCc1nnc(C2CC2)o1. The Labute approximate surface area is 130 Å². The first kappa shape index (κ1) is 14.9. The first-order valence-corrected chi connectivity index (χ1v) is 8.47. The Balaban J connectivity index is 1.67. The lowest BCUT2D eigenvalue weighted by Crippen LogP contribution is -2.10. The number of benzene rings is 1. The predicted molar refractivity (Wildman–Crippen MR) is 78.8 cm³/mol. The summed E-state index contributed by atoms with van der Waals surface area (Å²) < 4.78 is 22.6. The van der Waals surface area contributed by atoms with Gasteiger partial charge in [-0.25, -0.2) is 4.79 Å². The van der Waals surface area contributed by atoms with Gasteiger partial charge >= 0.3 is 5.97 Å².